The Kier molecular flexibility index (Phi) is 7.57. The van der Waals surface area contributed by atoms with Crippen molar-refractivity contribution >= 4 is 5.78 Å². The molecule has 0 saturated carbocycles. The summed E-state index contributed by atoms with van der Waals surface area (Å²) in [6.45, 7) is 5.61. The Hall–Kier alpha value is -1.77. The highest BCUT2D eigenvalue weighted by Gasteiger charge is 2.11. The minimum absolute atomic E-state index is 0.103. The van der Waals surface area contributed by atoms with E-state index in [1.165, 1.54) is 5.56 Å². The van der Waals surface area contributed by atoms with E-state index in [-0.39, 0.29) is 5.78 Å². The largest absolute Gasteiger partial charge is 0.379 e. The fourth-order valence-electron chi connectivity index (χ4n) is 1.64. The Morgan fingerprint density at radius 1 is 0.895 bits per heavy atom. The van der Waals surface area contributed by atoms with Crippen LogP contribution in [0, 0.1) is 6.92 Å². The Bertz CT molecular complexity index is 420. The highest BCUT2D eigenvalue weighted by Crippen LogP contribution is 2.09. The number of benzene rings is 1. The molecule has 0 aliphatic rings. The zero-order chi connectivity index (χ0) is 15.0. The summed E-state index contributed by atoms with van der Waals surface area (Å²) < 4.78 is 0. The molecule has 0 saturated heterocycles. The van der Waals surface area contributed by atoms with Gasteiger partial charge in [-0.15, -0.1) is 0 Å². The molecule has 3 heteroatoms. The second-order valence-corrected chi connectivity index (χ2v) is 4.93. The van der Waals surface area contributed by atoms with Crippen molar-refractivity contribution in [2.75, 3.05) is 28.2 Å². The maximum atomic E-state index is 11.2. The van der Waals surface area contributed by atoms with E-state index >= 15 is 0 Å². The smallest absolute Gasteiger partial charge is 0.177 e. The molecule has 0 bridgehead atoms. The third-order valence-electron chi connectivity index (χ3n) is 2.73. The average molecular weight is 262 g/mol. The van der Waals surface area contributed by atoms with Gasteiger partial charge < -0.3 is 9.80 Å². The first-order valence-electron chi connectivity index (χ1n) is 6.35. The number of rotatable bonds is 3. The summed E-state index contributed by atoms with van der Waals surface area (Å²) in [5.74, 6) is 0.103. The molecule has 19 heavy (non-hydrogen) atoms. The number of allylic oxidation sites excluding steroid dienone is 2. The minimum Gasteiger partial charge on any atom is -0.379 e. The number of aryl methyl sites for hydroxylation is 1. The predicted molar refractivity (Wildman–Crippen MR) is 81.9 cm³/mol. The van der Waals surface area contributed by atoms with Gasteiger partial charge >= 0.3 is 0 Å². The summed E-state index contributed by atoms with van der Waals surface area (Å²) in [7, 11) is 7.62. The van der Waals surface area contributed by atoms with E-state index in [4.69, 9.17) is 0 Å². The van der Waals surface area contributed by atoms with E-state index in [1.807, 2.05) is 63.1 Å². The van der Waals surface area contributed by atoms with Gasteiger partial charge in [-0.25, -0.2) is 0 Å². The van der Waals surface area contributed by atoms with Crippen molar-refractivity contribution in [3.63, 3.8) is 0 Å². The van der Waals surface area contributed by atoms with Gasteiger partial charge in [0.1, 0.15) is 0 Å². The van der Waals surface area contributed by atoms with Crippen molar-refractivity contribution in [2.24, 2.45) is 0 Å². The van der Waals surface area contributed by atoms with Crippen LogP contribution in [-0.4, -0.2) is 43.8 Å². The van der Waals surface area contributed by atoms with Gasteiger partial charge in [0.05, 0.1) is 5.70 Å². The first kappa shape index (κ1) is 17.2. The van der Waals surface area contributed by atoms with Crippen LogP contribution in [0.25, 0.3) is 0 Å². The summed E-state index contributed by atoms with van der Waals surface area (Å²) >= 11 is 0. The van der Waals surface area contributed by atoms with E-state index in [9.17, 15) is 4.79 Å². The number of hydrogen-bond acceptors (Lipinski definition) is 3. The van der Waals surface area contributed by atoms with Crippen LogP contribution in [0.15, 0.2) is 41.7 Å². The molecule has 0 N–H and O–H groups in total. The number of ketones is 1. The monoisotopic (exact) mass is 262 g/mol. The van der Waals surface area contributed by atoms with Crippen molar-refractivity contribution in [1.82, 2.24) is 9.80 Å². The van der Waals surface area contributed by atoms with Gasteiger partial charge in [-0.05, 0) is 13.8 Å². The van der Waals surface area contributed by atoms with Crippen LogP contribution in [0.2, 0.25) is 0 Å². The quantitative estimate of drug-likeness (QED) is 0.783. The summed E-state index contributed by atoms with van der Waals surface area (Å²) in [6.07, 6.45) is 0. The molecule has 1 aromatic carbocycles. The van der Waals surface area contributed by atoms with Gasteiger partial charge in [0, 0.05) is 40.8 Å². The molecule has 0 fully saturated rings. The number of Topliss-reactive ketones (excluding diaryl/α,β-unsaturated/α-hetero) is 1. The highest BCUT2D eigenvalue weighted by atomic mass is 16.1. The molecule has 0 unspecified atom stereocenters. The number of nitrogens with zero attached hydrogens (tertiary/aromatic N) is 2. The molecular weight excluding hydrogens is 236 g/mol. The maximum absolute atomic E-state index is 11.2. The van der Waals surface area contributed by atoms with Crippen LogP contribution in [0.1, 0.15) is 19.4 Å². The first-order valence-corrected chi connectivity index (χ1v) is 6.35. The fourth-order valence-corrected chi connectivity index (χ4v) is 1.64. The standard InChI is InChI=1S/C9H18N2O.C7H8/c1-7(10(3)4)9(8(2)12)11(5)6;1-7-5-3-2-4-6-7/h1-6H3;2-6H,1H3/b9-7+;. The Morgan fingerprint density at radius 2 is 1.37 bits per heavy atom. The summed E-state index contributed by atoms with van der Waals surface area (Å²) in [5.41, 5.74) is 3.08. The number of hydrogen-bond donors (Lipinski definition) is 0. The Balaban J connectivity index is 0.000000388. The van der Waals surface area contributed by atoms with Crippen molar-refractivity contribution in [3.8, 4) is 0 Å². The molecule has 106 valence electrons. The summed E-state index contributed by atoms with van der Waals surface area (Å²) in [4.78, 5) is 15.0. The first-order chi connectivity index (χ1) is 8.77. The van der Waals surface area contributed by atoms with E-state index in [0.717, 1.165) is 11.4 Å². The van der Waals surface area contributed by atoms with E-state index in [0.29, 0.717) is 0 Å². The second-order valence-electron chi connectivity index (χ2n) is 4.93. The van der Waals surface area contributed by atoms with Crippen molar-refractivity contribution < 1.29 is 4.79 Å². The summed E-state index contributed by atoms with van der Waals surface area (Å²) in [6, 6.07) is 10.3. The van der Waals surface area contributed by atoms with Crippen LogP contribution in [0.3, 0.4) is 0 Å². The summed E-state index contributed by atoms with van der Waals surface area (Å²) in [5, 5.41) is 0. The van der Waals surface area contributed by atoms with E-state index in [1.54, 1.807) is 6.92 Å². The minimum atomic E-state index is 0.103. The molecule has 0 aliphatic heterocycles. The normalized spacial score (nSPS) is 10.9. The van der Waals surface area contributed by atoms with Crippen molar-refractivity contribution in [3.05, 3.63) is 47.3 Å². The van der Waals surface area contributed by atoms with Gasteiger partial charge in [-0.3, -0.25) is 4.79 Å². The van der Waals surface area contributed by atoms with Crippen molar-refractivity contribution in [1.29, 1.82) is 0 Å². The topological polar surface area (TPSA) is 23.6 Å². The van der Waals surface area contributed by atoms with Crippen molar-refractivity contribution in [2.45, 2.75) is 20.8 Å². The lowest BCUT2D eigenvalue weighted by Crippen LogP contribution is -2.24. The number of carbonyl (C=O) groups excluding carboxylic acids is 1. The number of carbonyl (C=O) groups is 1. The highest BCUT2D eigenvalue weighted by molar-refractivity contribution is 5.93. The van der Waals surface area contributed by atoms with Gasteiger partial charge in [-0.1, -0.05) is 35.9 Å². The van der Waals surface area contributed by atoms with Crippen LogP contribution in [0.5, 0.6) is 0 Å². The molecule has 0 aliphatic carbocycles. The predicted octanol–water partition coefficient (Wildman–Crippen LogP) is 2.93. The van der Waals surface area contributed by atoms with Gasteiger partial charge in [-0.2, -0.15) is 0 Å². The lowest BCUT2D eigenvalue weighted by molar-refractivity contribution is -0.114. The van der Waals surface area contributed by atoms with Gasteiger partial charge in [0.15, 0.2) is 5.78 Å². The van der Waals surface area contributed by atoms with E-state index in [2.05, 4.69) is 19.1 Å². The molecule has 1 rings (SSSR count). The molecule has 0 atom stereocenters. The van der Waals surface area contributed by atoms with Gasteiger partial charge in [0.25, 0.3) is 0 Å². The fraction of sp³-hybridized carbons (Fsp3) is 0.438. The molecule has 0 aromatic heterocycles. The second kappa shape index (κ2) is 8.35. The van der Waals surface area contributed by atoms with Crippen LogP contribution < -0.4 is 0 Å². The Labute approximate surface area is 117 Å². The molecule has 0 heterocycles. The zero-order valence-corrected chi connectivity index (χ0v) is 13.2. The molecular formula is C16H26N2O. The third kappa shape index (κ3) is 6.65. The maximum Gasteiger partial charge on any atom is 0.177 e. The zero-order valence-electron chi connectivity index (χ0n) is 13.2. The lowest BCUT2D eigenvalue weighted by Gasteiger charge is -2.22. The molecule has 0 spiro atoms. The molecule has 0 amide bonds. The van der Waals surface area contributed by atoms with Gasteiger partial charge in [0.2, 0.25) is 0 Å². The molecule has 3 nitrogen and oxygen atoms in total. The van der Waals surface area contributed by atoms with E-state index < -0.39 is 0 Å². The Morgan fingerprint density at radius 3 is 1.53 bits per heavy atom. The average Bonchev–Trinajstić information content (AvgIpc) is 2.29. The van der Waals surface area contributed by atoms with Crippen LogP contribution in [-0.2, 0) is 4.79 Å². The number of likely N-dealkylation sites (N-methyl/N-ethyl adjacent to an activating group) is 1. The lowest BCUT2D eigenvalue weighted by atomic mass is 10.2. The molecule has 1 aromatic rings. The van der Waals surface area contributed by atoms with Crippen LogP contribution >= 0.6 is 0 Å². The molecule has 0 radical (unpaired) electrons. The van der Waals surface area contributed by atoms with Crippen LogP contribution in [0.4, 0.5) is 0 Å². The third-order valence-corrected chi connectivity index (χ3v) is 2.73. The SMILES string of the molecule is CC(=O)/C(=C(/C)N(C)C)N(C)C.Cc1ccccc1.